The molecule has 0 saturated carbocycles. The first-order valence-corrected chi connectivity index (χ1v) is 5.25. The van der Waals surface area contributed by atoms with Crippen molar-refractivity contribution in [3.63, 3.8) is 0 Å². The Labute approximate surface area is 95.1 Å². The highest BCUT2D eigenvalue weighted by Crippen LogP contribution is 2.07. The molecular weight excluding hydrogens is 206 g/mol. The van der Waals surface area contributed by atoms with Crippen molar-refractivity contribution in [3.8, 4) is 0 Å². The van der Waals surface area contributed by atoms with Crippen LogP contribution in [0.3, 0.4) is 0 Å². The Morgan fingerprint density at radius 2 is 2.38 bits per heavy atom. The third-order valence-electron chi connectivity index (χ3n) is 2.34. The number of carboxylic acids is 1. The van der Waals surface area contributed by atoms with E-state index in [1.165, 1.54) is 12.3 Å². The van der Waals surface area contributed by atoms with Crippen LogP contribution in [-0.4, -0.2) is 47.6 Å². The Morgan fingerprint density at radius 3 is 3.00 bits per heavy atom. The van der Waals surface area contributed by atoms with Gasteiger partial charge in [0.1, 0.15) is 5.69 Å². The second kappa shape index (κ2) is 6.07. The van der Waals surface area contributed by atoms with Gasteiger partial charge in [0.25, 0.3) is 0 Å². The number of rotatable bonds is 6. The maximum atomic E-state index is 10.7. The van der Waals surface area contributed by atoms with E-state index in [0.29, 0.717) is 0 Å². The molecule has 0 fully saturated rings. The van der Waals surface area contributed by atoms with Gasteiger partial charge < -0.3 is 15.3 Å². The molecule has 1 heterocycles. The van der Waals surface area contributed by atoms with Crippen molar-refractivity contribution in [2.24, 2.45) is 0 Å². The summed E-state index contributed by atoms with van der Waals surface area (Å²) in [6.07, 6.45) is 1.50. The third kappa shape index (κ3) is 3.86. The Morgan fingerprint density at radius 1 is 1.62 bits per heavy atom. The molecule has 0 radical (unpaired) electrons. The van der Waals surface area contributed by atoms with Crippen molar-refractivity contribution in [2.75, 3.05) is 32.0 Å². The molecule has 0 bridgehead atoms. The number of nitrogens with one attached hydrogen (secondary N) is 1. The smallest absolute Gasteiger partial charge is 0.354 e. The van der Waals surface area contributed by atoms with Crippen molar-refractivity contribution >= 4 is 11.7 Å². The summed E-state index contributed by atoms with van der Waals surface area (Å²) in [5.41, 5.74) is 0.853. The largest absolute Gasteiger partial charge is 0.477 e. The van der Waals surface area contributed by atoms with Crippen LogP contribution in [0.25, 0.3) is 0 Å². The first-order chi connectivity index (χ1) is 7.63. The van der Waals surface area contributed by atoms with E-state index in [1.807, 2.05) is 7.05 Å². The molecule has 0 atom stereocenters. The topological polar surface area (TPSA) is 65.5 Å². The van der Waals surface area contributed by atoms with Crippen LogP contribution in [0, 0.1) is 0 Å². The van der Waals surface area contributed by atoms with Crippen molar-refractivity contribution in [1.29, 1.82) is 0 Å². The summed E-state index contributed by atoms with van der Waals surface area (Å²) < 4.78 is 0. The van der Waals surface area contributed by atoms with E-state index >= 15 is 0 Å². The van der Waals surface area contributed by atoms with Crippen molar-refractivity contribution in [3.05, 3.63) is 24.0 Å². The summed E-state index contributed by atoms with van der Waals surface area (Å²) in [6.45, 7) is 4.79. The number of aromatic nitrogens is 1. The number of hydrogen-bond acceptors (Lipinski definition) is 4. The second-order valence-corrected chi connectivity index (χ2v) is 3.56. The standard InChI is InChI=1S/C11H17N3O2/c1-3-14(2)7-6-12-9-4-5-13-10(8-9)11(15)16/h4-5,8H,3,6-7H2,1-2H3,(H,12,13)(H,15,16). The maximum absolute atomic E-state index is 10.7. The minimum atomic E-state index is -1.01. The first-order valence-electron chi connectivity index (χ1n) is 5.25. The zero-order valence-electron chi connectivity index (χ0n) is 9.60. The minimum Gasteiger partial charge on any atom is -0.477 e. The van der Waals surface area contributed by atoms with Crippen LogP contribution < -0.4 is 5.32 Å². The van der Waals surface area contributed by atoms with Crippen molar-refractivity contribution < 1.29 is 9.90 Å². The molecule has 2 N–H and O–H groups in total. The summed E-state index contributed by atoms with van der Waals surface area (Å²) in [5, 5.41) is 11.9. The second-order valence-electron chi connectivity index (χ2n) is 3.56. The molecule has 5 nitrogen and oxygen atoms in total. The van der Waals surface area contributed by atoms with Crippen LogP contribution in [0.15, 0.2) is 18.3 Å². The monoisotopic (exact) mass is 223 g/mol. The number of hydrogen-bond donors (Lipinski definition) is 2. The molecule has 0 spiro atoms. The fraction of sp³-hybridized carbons (Fsp3) is 0.455. The number of carbonyl (C=O) groups is 1. The summed E-state index contributed by atoms with van der Waals surface area (Å²) >= 11 is 0. The number of anilines is 1. The van der Waals surface area contributed by atoms with E-state index in [2.05, 4.69) is 22.1 Å². The first kappa shape index (κ1) is 12.4. The van der Waals surface area contributed by atoms with Crippen molar-refractivity contribution in [1.82, 2.24) is 9.88 Å². The lowest BCUT2D eigenvalue weighted by molar-refractivity contribution is 0.0690. The van der Waals surface area contributed by atoms with Crippen LogP contribution in [0.2, 0.25) is 0 Å². The molecule has 1 rings (SSSR count). The molecule has 0 amide bonds. The predicted octanol–water partition coefficient (Wildman–Crippen LogP) is 1.14. The zero-order chi connectivity index (χ0) is 12.0. The van der Waals surface area contributed by atoms with E-state index in [9.17, 15) is 4.79 Å². The minimum absolute atomic E-state index is 0.0637. The average Bonchev–Trinajstić information content (AvgIpc) is 2.29. The molecular formula is C11H17N3O2. The fourth-order valence-corrected chi connectivity index (χ4v) is 1.21. The Kier molecular flexibility index (Phi) is 4.72. The van der Waals surface area contributed by atoms with Gasteiger partial charge in [-0.05, 0) is 25.7 Å². The number of likely N-dealkylation sites (N-methyl/N-ethyl adjacent to an activating group) is 1. The van der Waals surface area contributed by atoms with Crippen LogP contribution in [-0.2, 0) is 0 Å². The van der Waals surface area contributed by atoms with E-state index in [4.69, 9.17) is 5.11 Å². The van der Waals surface area contributed by atoms with Gasteiger partial charge in [-0.1, -0.05) is 6.92 Å². The highest BCUT2D eigenvalue weighted by molar-refractivity contribution is 5.86. The molecule has 0 aliphatic carbocycles. The molecule has 0 aliphatic heterocycles. The lowest BCUT2D eigenvalue weighted by Gasteiger charge is -2.14. The quantitative estimate of drug-likeness (QED) is 0.757. The summed E-state index contributed by atoms with van der Waals surface area (Å²) in [4.78, 5) is 16.6. The maximum Gasteiger partial charge on any atom is 0.354 e. The lowest BCUT2D eigenvalue weighted by atomic mass is 10.3. The van der Waals surface area contributed by atoms with Gasteiger partial charge in [-0.3, -0.25) is 0 Å². The summed E-state index contributed by atoms with van der Waals surface area (Å²) in [7, 11) is 2.04. The van der Waals surface area contributed by atoms with Gasteiger partial charge in [0.15, 0.2) is 0 Å². The van der Waals surface area contributed by atoms with Gasteiger partial charge in [0.05, 0.1) is 0 Å². The average molecular weight is 223 g/mol. The Balaban J connectivity index is 2.48. The highest BCUT2D eigenvalue weighted by atomic mass is 16.4. The summed E-state index contributed by atoms with van der Waals surface area (Å²) in [6, 6.07) is 3.30. The van der Waals surface area contributed by atoms with Gasteiger partial charge >= 0.3 is 5.97 Å². The van der Waals surface area contributed by atoms with E-state index in [1.54, 1.807) is 6.07 Å². The van der Waals surface area contributed by atoms with E-state index < -0.39 is 5.97 Å². The van der Waals surface area contributed by atoms with Crippen LogP contribution >= 0.6 is 0 Å². The molecule has 5 heteroatoms. The zero-order valence-corrected chi connectivity index (χ0v) is 9.60. The SMILES string of the molecule is CCN(C)CCNc1ccnc(C(=O)O)c1. The molecule has 16 heavy (non-hydrogen) atoms. The van der Waals surface area contributed by atoms with Gasteiger partial charge in [-0.25, -0.2) is 9.78 Å². The molecule has 1 aromatic rings. The highest BCUT2D eigenvalue weighted by Gasteiger charge is 2.04. The number of aromatic carboxylic acids is 1. The van der Waals surface area contributed by atoms with Gasteiger partial charge in [-0.15, -0.1) is 0 Å². The van der Waals surface area contributed by atoms with E-state index in [-0.39, 0.29) is 5.69 Å². The molecule has 1 aromatic heterocycles. The lowest BCUT2D eigenvalue weighted by Crippen LogP contribution is -2.24. The van der Waals surface area contributed by atoms with Crippen LogP contribution in [0.4, 0.5) is 5.69 Å². The molecule has 0 saturated heterocycles. The fourth-order valence-electron chi connectivity index (χ4n) is 1.21. The van der Waals surface area contributed by atoms with Gasteiger partial charge in [0.2, 0.25) is 0 Å². The third-order valence-corrected chi connectivity index (χ3v) is 2.34. The molecule has 0 unspecified atom stereocenters. The number of nitrogens with zero attached hydrogens (tertiary/aromatic N) is 2. The van der Waals surface area contributed by atoms with Gasteiger partial charge in [0, 0.05) is 25.0 Å². The normalized spacial score (nSPS) is 10.4. The van der Waals surface area contributed by atoms with Gasteiger partial charge in [-0.2, -0.15) is 0 Å². The van der Waals surface area contributed by atoms with Crippen molar-refractivity contribution in [2.45, 2.75) is 6.92 Å². The number of carboxylic acid groups (broad SMARTS) is 1. The molecule has 0 aromatic carbocycles. The van der Waals surface area contributed by atoms with Crippen LogP contribution in [0.5, 0.6) is 0 Å². The molecule has 0 aliphatic rings. The number of pyridine rings is 1. The Hall–Kier alpha value is -1.62. The van der Waals surface area contributed by atoms with E-state index in [0.717, 1.165) is 25.3 Å². The Bertz CT molecular complexity index is 355. The molecule has 88 valence electrons. The predicted molar refractivity (Wildman–Crippen MR) is 62.9 cm³/mol. The van der Waals surface area contributed by atoms with Crippen LogP contribution in [0.1, 0.15) is 17.4 Å². The summed E-state index contributed by atoms with van der Waals surface area (Å²) in [5.74, 6) is -1.01.